The summed E-state index contributed by atoms with van der Waals surface area (Å²) in [5, 5.41) is 52.5. The van der Waals surface area contributed by atoms with E-state index in [9.17, 15) is 39.6 Å². The van der Waals surface area contributed by atoms with E-state index >= 15 is 0 Å². The van der Waals surface area contributed by atoms with Gasteiger partial charge in [0.25, 0.3) is 0 Å². The number of carbonyl (C=O) groups is 4. The van der Waals surface area contributed by atoms with Crippen molar-refractivity contribution in [3.05, 3.63) is 77.0 Å². The van der Waals surface area contributed by atoms with Crippen molar-refractivity contribution in [3.63, 3.8) is 0 Å². The summed E-state index contributed by atoms with van der Waals surface area (Å²) < 4.78 is 0. The molecule has 2 aromatic heterocycles. The van der Waals surface area contributed by atoms with Gasteiger partial charge < -0.3 is 20.4 Å². The molecule has 0 amide bonds. The molecule has 0 aliphatic rings. The highest BCUT2D eigenvalue weighted by atomic mass is 16.4. The first-order chi connectivity index (χ1) is 17.1. The molecule has 13 heteroatoms. The van der Waals surface area contributed by atoms with Crippen molar-refractivity contribution in [2.45, 2.75) is 0 Å². The third-order valence-corrected chi connectivity index (χ3v) is 4.92. The van der Waals surface area contributed by atoms with Crippen LogP contribution >= 0.6 is 0 Å². The monoisotopic (exact) mass is 487 g/mol. The van der Waals surface area contributed by atoms with E-state index in [1.54, 1.807) is 6.07 Å². The second kappa shape index (κ2) is 9.34. The van der Waals surface area contributed by atoms with Gasteiger partial charge in [0.05, 0.1) is 22.3 Å². The SMILES string of the molecule is O=C(O)c1cc(C(=O)O)cc(-c2ccc(-c3nnc(-c4cc(C(=O)O)cc(C(=O)O)c4)nn3)nc2)c1. The summed E-state index contributed by atoms with van der Waals surface area (Å²) in [4.78, 5) is 49.5. The average Bonchev–Trinajstić information content (AvgIpc) is 2.88. The first kappa shape index (κ1) is 23.6. The van der Waals surface area contributed by atoms with E-state index in [0.717, 1.165) is 12.1 Å². The van der Waals surface area contributed by atoms with Gasteiger partial charge in [-0.2, -0.15) is 0 Å². The fourth-order valence-corrected chi connectivity index (χ4v) is 3.19. The first-order valence-corrected chi connectivity index (χ1v) is 9.90. The number of hydrogen-bond acceptors (Lipinski definition) is 9. The highest BCUT2D eigenvalue weighted by molar-refractivity contribution is 5.96. The van der Waals surface area contributed by atoms with Gasteiger partial charge in [0.1, 0.15) is 5.69 Å². The van der Waals surface area contributed by atoms with Gasteiger partial charge in [-0.05, 0) is 48.0 Å². The number of carboxylic acids is 4. The van der Waals surface area contributed by atoms with E-state index in [-0.39, 0.29) is 45.2 Å². The maximum atomic E-state index is 11.3. The zero-order valence-corrected chi connectivity index (χ0v) is 17.9. The third kappa shape index (κ3) is 4.84. The van der Waals surface area contributed by atoms with Crippen LogP contribution in [-0.2, 0) is 0 Å². The molecule has 0 saturated carbocycles. The van der Waals surface area contributed by atoms with Crippen molar-refractivity contribution in [2.24, 2.45) is 0 Å². The van der Waals surface area contributed by atoms with Gasteiger partial charge in [-0.15, -0.1) is 20.4 Å². The number of hydrogen-bond donors (Lipinski definition) is 4. The smallest absolute Gasteiger partial charge is 0.335 e. The molecule has 0 fully saturated rings. The fourth-order valence-electron chi connectivity index (χ4n) is 3.19. The Balaban J connectivity index is 1.64. The molecule has 0 saturated heterocycles. The Morgan fingerprint density at radius 2 is 0.917 bits per heavy atom. The van der Waals surface area contributed by atoms with Gasteiger partial charge in [0.15, 0.2) is 0 Å². The second-order valence-electron chi connectivity index (χ2n) is 7.30. The highest BCUT2D eigenvalue weighted by Gasteiger charge is 2.16. The van der Waals surface area contributed by atoms with Gasteiger partial charge in [-0.25, -0.2) is 19.2 Å². The summed E-state index contributed by atoms with van der Waals surface area (Å²) in [5.41, 5.74) is 0.165. The van der Waals surface area contributed by atoms with E-state index in [2.05, 4.69) is 25.4 Å². The van der Waals surface area contributed by atoms with E-state index in [1.165, 1.54) is 36.5 Å². The van der Waals surface area contributed by atoms with Crippen molar-refractivity contribution in [1.29, 1.82) is 0 Å². The molecule has 0 aliphatic carbocycles. The van der Waals surface area contributed by atoms with Crippen LogP contribution < -0.4 is 0 Å². The minimum Gasteiger partial charge on any atom is -0.478 e. The van der Waals surface area contributed by atoms with E-state index in [0.29, 0.717) is 11.1 Å². The zero-order valence-electron chi connectivity index (χ0n) is 17.9. The summed E-state index contributed by atoms with van der Waals surface area (Å²) in [6.45, 7) is 0. The van der Waals surface area contributed by atoms with E-state index < -0.39 is 23.9 Å². The molecular formula is C23H13N5O8. The minimum absolute atomic E-state index is 0.00339. The van der Waals surface area contributed by atoms with Crippen LogP contribution in [0.1, 0.15) is 41.4 Å². The molecule has 0 bridgehead atoms. The molecule has 0 aliphatic heterocycles. The van der Waals surface area contributed by atoms with Gasteiger partial charge in [0.2, 0.25) is 11.6 Å². The van der Waals surface area contributed by atoms with Crippen LogP contribution in [0.25, 0.3) is 34.0 Å². The molecule has 2 aromatic carbocycles. The van der Waals surface area contributed by atoms with Crippen LogP contribution in [0.15, 0.2) is 54.7 Å². The molecule has 0 unspecified atom stereocenters. The number of rotatable bonds is 7. The lowest BCUT2D eigenvalue weighted by molar-refractivity contribution is 0.0676. The molecule has 36 heavy (non-hydrogen) atoms. The largest absolute Gasteiger partial charge is 0.478 e. The topological polar surface area (TPSA) is 214 Å². The van der Waals surface area contributed by atoms with Gasteiger partial charge in [0, 0.05) is 17.3 Å². The van der Waals surface area contributed by atoms with Crippen molar-refractivity contribution in [2.75, 3.05) is 0 Å². The molecule has 0 radical (unpaired) electrons. The molecule has 4 N–H and O–H groups in total. The van der Waals surface area contributed by atoms with Crippen molar-refractivity contribution < 1.29 is 39.6 Å². The van der Waals surface area contributed by atoms with Crippen molar-refractivity contribution >= 4 is 23.9 Å². The number of aromatic nitrogens is 5. The summed E-state index contributed by atoms with van der Waals surface area (Å²) in [6, 6.07) is 10.1. The van der Waals surface area contributed by atoms with Crippen molar-refractivity contribution in [1.82, 2.24) is 25.4 Å². The molecule has 0 spiro atoms. The Kier molecular flexibility index (Phi) is 6.11. The molecule has 4 rings (SSSR count). The summed E-state index contributed by atoms with van der Waals surface area (Å²) in [6.07, 6.45) is 1.37. The number of aromatic carboxylic acids is 4. The van der Waals surface area contributed by atoms with Crippen LogP contribution in [0.2, 0.25) is 0 Å². The number of carboxylic acid groups (broad SMARTS) is 4. The van der Waals surface area contributed by atoms with Crippen molar-refractivity contribution in [3.8, 4) is 34.0 Å². The van der Waals surface area contributed by atoms with Gasteiger partial charge in [-0.3, -0.25) is 4.98 Å². The fraction of sp³-hybridized carbons (Fsp3) is 0. The maximum Gasteiger partial charge on any atom is 0.335 e. The zero-order chi connectivity index (χ0) is 26.0. The Hall–Kier alpha value is -5.59. The maximum absolute atomic E-state index is 11.3. The Morgan fingerprint density at radius 3 is 1.31 bits per heavy atom. The molecule has 0 atom stereocenters. The summed E-state index contributed by atoms with van der Waals surface area (Å²) in [7, 11) is 0. The quantitative estimate of drug-likeness (QED) is 0.295. The Labute approximate surface area is 200 Å². The van der Waals surface area contributed by atoms with Crippen LogP contribution in [0.5, 0.6) is 0 Å². The molecule has 2 heterocycles. The molecule has 13 nitrogen and oxygen atoms in total. The van der Waals surface area contributed by atoms with Crippen LogP contribution in [0.3, 0.4) is 0 Å². The Bertz CT molecular complexity index is 1350. The lowest BCUT2D eigenvalue weighted by Gasteiger charge is -2.07. The number of benzene rings is 2. The van der Waals surface area contributed by atoms with E-state index in [4.69, 9.17) is 0 Å². The highest BCUT2D eigenvalue weighted by Crippen LogP contribution is 2.24. The normalized spacial score (nSPS) is 10.6. The van der Waals surface area contributed by atoms with Gasteiger partial charge >= 0.3 is 23.9 Å². The predicted molar refractivity (Wildman–Crippen MR) is 120 cm³/mol. The third-order valence-electron chi connectivity index (χ3n) is 4.92. The lowest BCUT2D eigenvalue weighted by Crippen LogP contribution is -2.05. The molecule has 178 valence electrons. The minimum atomic E-state index is -1.33. The van der Waals surface area contributed by atoms with Crippen LogP contribution in [0.4, 0.5) is 0 Å². The first-order valence-electron chi connectivity index (χ1n) is 9.90. The van der Waals surface area contributed by atoms with Gasteiger partial charge in [-0.1, -0.05) is 6.07 Å². The summed E-state index contributed by atoms with van der Waals surface area (Å²) >= 11 is 0. The van der Waals surface area contributed by atoms with Crippen LogP contribution in [0, 0.1) is 0 Å². The Morgan fingerprint density at radius 1 is 0.500 bits per heavy atom. The standard InChI is InChI=1S/C23H13N5O8/c29-20(30)13-3-11(4-14(7-13)21(31)32)10-1-2-17(24-9-10)19-27-25-18(26-28-19)12-5-15(22(33)34)8-16(6-12)23(35)36/h1-9H,(H,29,30)(H,31,32)(H,33,34)(H,35,36). The lowest BCUT2D eigenvalue weighted by atomic mass is 10.0. The average molecular weight is 487 g/mol. The number of nitrogens with zero attached hydrogens (tertiary/aromatic N) is 5. The molecular weight excluding hydrogens is 474 g/mol. The molecule has 4 aromatic rings. The predicted octanol–water partition coefficient (Wildman–Crippen LogP) is 2.46. The summed E-state index contributed by atoms with van der Waals surface area (Å²) in [5.74, 6) is -5.31. The van der Waals surface area contributed by atoms with E-state index in [1.807, 2.05) is 0 Å². The van der Waals surface area contributed by atoms with Crippen LogP contribution in [-0.4, -0.2) is 69.7 Å². The second-order valence-corrected chi connectivity index (χ2v) is 7.30. The number of pyridine rings is 1.